The van der Waals surface area contributed by atoms with Crippen LogP contribution in [0.1, 0.15) is 38.2 Å². The van der Waals surface area contributed by atoms with Gasteiger partial charge in [0, 0.05) is 29.9 Å². The van der Waals surface area contributed by atoms with E-state index < -0.39 is 0 Å². The lowest BCUT2D eigenvalue weighted by Gasteiger charge is -2.33. The molecule has 1 aromatic carbocycles. The van der Waals surface area contributed by atoms with E-state index in [4.69, 9.17) is 0 Å². The van der Waals surface area contributed by atoms with Gasteiger partial charge in [0.1, 0.15) is 5.82 Å². The normalized spacial score (nSPS) is 18.0. The van der Waals surface area contributed by atoms with Crippen LogP contribution in [0.3, 0.4) is 0 Å². The number of likely N-dealkylation sites (tertiary alicyclic amines) is 1. The third kappa shape index (κ3) is 4.36. The Morgan fingerprint density at radius 3 is 2.86 bits per heavy atom. The zero-order chi connectivity index (χ0) is 19.3. The molecule has 1 unspecified atom stereocenters. The molecule has 148 valence electrons. The fourth-order valence-electron chi connectivity index (χ4n) is 3.96. The first kappa shape index (κ1) is 19.0. The minimum Gasteiger partial charge on any atom is -0.312 e. The highest BCUT2D eigenvalue weighted by atomic mass is 19.1. The summed E-state index contributed by atoms with van der Waals surface area (Å²) in [5, 5.41) is 15.5. The summed E-state index contributed by atoms with van der Waals surface area (Å²) in [5.41, 5.74) is 3.71. The lowest BCUT2D eigenvalue weighted by Crippen LogP contribution is -2.38. The highest BCUT2D eigenvalue weighted by molar-refractivity contribution is 5.66. The van der Waals surface area contributed by atoms with Crippen molar-refractivity contribution < 1.29 is 4.39 Å². The molecule has 6 nitrogen and oxygen atoms in total. The fourth-order valence-corrected chi connectivity index (χ4v) is 3.96. The van der Waals surface area contributed by atoms with Crippen LogP contribution < -0.4 is 5.32 Å². The zero-order valence-corrected chi connectivity index (χ0v) is 16.3. The van der Waals surface area contributed by atoms with Gasteiger partial charge in [0.05, 0.1) is 0 Å². The molecule has 1 saturated heterocycles. The molecule has 0 aliphatic carbocycles. The predicted octanol–water partition coefficient (Wildman–Crippen LogP) is 3.28. The molecule has 1 fully saturated rings. The second-order valence-corrected chi connectivity index (χ2v) is 7.62. The Labute approximate surface area is 164 Å². The first-order chi connectivity index (χ1) is 13.7. The van der Waals surface area contributed by atoms with Gasteiger partial charge < -0.3 is 10.2 Å². The van der Waals surface area contributed by atoms with Crippen molar-refractivity contribution in [2.75, 3.05) is 19.6 Å². The maximum atomic E-state index is 13.2. The number of rotatable bonds is 7. The summed E-state index contributed by atoms with van der Waals surface area (Å²) in [7, 11) is 0. The highest BCUT2D eigenvalue weighted by Gasteiger charge is 2.17. The van der Waals surface area contributed by atoms with E-state index in [0.29, 0.717) is 12.6 Å². The summed E-state index contributed by atoms with van der Waals surface area (Å²) in [6.07, 6.45) is 7.02. The van der Waals surface area contributed by atoms with Gasteiger partial charge in [-0.2, -0.15) is 4.52 Å². The number of nitrogens with one attached hydrogen (secondary N) is 1. The van der Waals surface area contributed by atoms with Crippen LogP contribution in [0.2, 0.25) is 0 Å². The average molecular weight is 382 g/mol. The predicted molar refractivity (Wildman–Crippen MR) is 107 cm³/mol. The number of piperidine rings is 1. The Balaban J connectivity index is 1.39. The molecule has 2 aromatic heterocycles. The third-order valence-corrected chi connectivity index (χ3v) is 5.60. The van der Waals surface area contributed by atoms with Crippen LogP contribution in [0.4, 0.5) is 4.39 Å². The molecular formula is C21H27FN6. The molecule has 0 bridgehead atoms. The molecule has 28 heavy (non-hydrogen) atoms. The van der Waals surface area contributed by atoms with Gasteiger partial charge in [0.25, 0.3) is 0 Å². The van der Waals surface area contributed by atoms with Crippen LogP contribution in [0, 0.1) is 5.82 Å². The lowest BCUT2D eigenvalue weighted by molar-refractivity contribution is 0.159. The Morgan fingerprint density at radius 2 is 2.04 bits per heavy atom. The Bertz CT molecular complexity index is 907. The monoisotopic (exact) mass is 382 g/mol. The summed E-state index contributed by atoms with van der Waals surface area (Å²) >= 11 is 0. The number of hydrogen-bond donors (Lipinski definition) is 1. The summed E-state index contributed by atoms with van der Waals surface area (Å²) in [4.78, 5) is 2.60. The molecular weight excluding hydrogens is 355 g/mol. The molecule has 0 saturated carbocycles. The largest absolute Gasteiger partial charge is 0.312 e. The molecule has 1 atom stereocenters. The Hall–Kier alpha value is -2.38. The van der Waals surface area contributed by atoms with Crippen molar-refractivity contribution in [3.63, 3.8) is 0 Å². The highest BCUT2D eigenvalue weighted by Crippen LogP contribution is 2.22. The first-order valence-electron chi connectivity index (χ1n) is 10.1. The van der Waals surface area contributed by atoms with Gasteiger partial charge in [-0.3, -0.25) is 0 Å². The van der Waals surface area contributed by atoms with Crippen LogP contribution in [0.25, 0.3) is 16.8 Å². The van der Waals surface area contributed by atoms with Gasteiger partial charge in [-0.1, -0.05) is 18.6 Å². The van der Waals surface area contributed by atoms with E-state index in [-0.39, 0.29) is 5.82 Å². The number of benzene rings is 1. The summed E-state index contributed by atoms with van der Waals surface area (Å²) in [6.45, 7) is 6.37. The summed E-state index contributed by atoms with van der Waals surface area (Å²) in [5.74, 6) is -0.239. The zero-order valence-electron chi connectivity index (χ0n) is 16.3. The maximum absolute atomic E-state index is 13.2. The molecule has 0 radical (unpaired) electrons. The third-order valence-electron chi connectivity index (χ3n) is 5.60. The van der Waals surface area contributed by atoms with Crippen molar-refractivity contribution in [1.82, 2.24) is 30.3 Å². The summed E-state index contributed by atoms with van der Waals surface area (Å²) < 4.78 is 14.9. The van der Waals surface area contributed by atoms with Crippen molar-refractivity contribution >= 4 is 5.65 Å². The number of halogens is 1. The van der Waals surface area contributed by atoms with E-state index in [1.54, 1.807) is 16.6 Å². The van der Waals surface area contributed by atoms with E-state index >= 15 is 0 Å². The van der Waals surface area contributed by atoms with Crippen LogP contribution in [-0.2, 0) is 6.54 Å². The van der Waals surface area contributed by atoms with Crippen molar-refractivity contribution in [1.29, 1.82) is 0 Å². The van der Waals surface area contributed by atoms with Crippen molar-refractivity contribution in [2.24, 2.45) is 0 Å². The standard InChI is InChI=1S/C21H27FN6/c1-16-5-2-3-11-27(16)12-4-10-23-14-18-13-19(15-28-21(18)24-25-26-28)17-6-8-20(22)9-7-17/h6-9,13,15-16,23H,2-5,10-12,14H2,1H3. The molecule has 3 aromatic rings. The molecule has 0 spiro atoms. The van der Waals surface area contributed by atoms with E-state index in [9.17, 15) is 4.39 Å². The van der Waals surface area contributed by atoms with Gasteiger partial charge in [-0.15, -0.1) is 5.10 Å². The van der Waals surface area contributed by atoms with Gasteiger partial charge in [0.2, 0.25) is 0 Å². The second kappa shape index (κ2) is 8.75. The van der Waals surface area contributed by atoms with E-state index in [1.165, 1.54) is 37.9 Å². The molecule has 1 aliphatic heterocycles. The van der Waals surface area contributed by atoms with Crippen LogP contribution >= 0.6 is 0 Å². The molecule has 1 N–H and O–H groups in total. The van der Waals surface area contributed by atoms with Crippen molar-refractivity contribution in [2.45, 2.75) is 45.2 Å². The quantitative estimate of drug-likeness (QED) is 0.636. The molecule has 4 rings (SSSR count). The van der Waals surface area contributed by atoms with E-state index in [2.05, 4.69) is 38.7 Å². The Kier molecular flexibility index (Phi) is 5.92. The van der Waals surface area contributed by atoms with Crippen LogP contribution in [0.5, 0.6) is 0 Å². The maximum Gasteiger partial charge on any atom is 0.183 e. The van der Waals surface area contributed by atoms with Crippen molar-refractivity contribution in [3.8, 4) is 11.1 Å². The number of fused-ring (bicyclic) bond motifs is 1. The lowest BCUT2D eigenvalue weighted by atomic mass is 10.0. The Morgan fingerprint density at radius 1 is 1.18 bits per heavy atom. The van der Waals surface area contributed by atoms with Gasteiger partial charge >= 0.3 is 0 Å². The minimum absolute atomic E-state index is 0.239. The molecule has 1 aliphatic rings. The first-order valence-corrected chi connectivity index (χ1v) is 10.1. The number of pyridine rings is 1. The van der Waals surface area contributed by atoms with E-state index in [0.717, 1.165) is 41.8 Å². The van der Waals surface area contributed by atoms with Gasteiger partial charge in [0.15, 0.2) is 5.65 Å². The molecule has 3 heterocycles. The summed E-state index contributed by atoms with van der Waals surface area (Å²) in [6, 6.07) is 9.29. The molecule has 7 heteroatoms. The van der Waals surface area contributed by atoms with Gasteiger partial charge in [-0.25, -0.2) is 4.39 Å². The topological polar surface area (TPSA) is 58.4 Å². The number of nitrogens with zero attached hydrogens (tertiary/aromatic N) is 5. The second-order valence-electron chi connectivity index (χ2n) is 7.62. The van der Waals surface area contributed by atoms with Crippen molar-refractivity contribution in [3.05, 3.63) is 47.9 Å². The average Bonchev–Trinajstić information content (AvgIpc) is 3.18. The smallest absolute Gasteiger partial charge is 0.183 e. The van der Waals surface area contributed by atoms with E-state index in [1.807, 2.05) is 6.20 Å². The fraction of sp³-hybridized carbons (Fsp3) is 0.476. The van der Waals surface area contributed by atoms with Gasteiger partial charge in [-0.05, 0) is 80.0 Å². The number of hydrogen-bond acceptors (Lipinski definition) is 5. The van der Waals surface area contributed by atoms with Crippen LogP contribution in [-0.4, -0.2) is 50.6 Å². The number of tetrazole rings is 1. The molecule has 0 amide bonds. The minimum atomic E-state index is -0.239. The number of aromatic nitrogens is 4. The SMILES string of the molecule is CC1CCCCN1CCCNCc1cc(-c2ccc(F)cc2)cn2nnnc12. The van der Waals surface area contributed by atoms with Crippen LogP contribution in [0.15, 0.2) is 36.5 Å².